The lowest BCUT2D eigenvalue weighted by atomic mass is 9.74. The van der Waals surface area contributed by atoms with Gasteiger partial charge in [0.15, 0.2) is 0 Å². The van der Waals surface area contributed by atoms with Crippen molar-refractivity contribution >= 4 is 7.28 Å². The molecule has 0 aromatic heterocycles. The van der Waals surface area contributed by atoms with E-state index >= 15 is 0 Å². The summed E-state index contributed by atoms with van der Waals surface area (Å²) in [5, 5.41) is 0. The molecule has 0 rings (SSSR count). The van der Waals surface area contributed by atoms with E-state index in [1.807, 2.05) is 0 Å². The van der Waals surface area contributed by atoms with Crippen molar-refractivity contribution < 1.29 is 4.74 Å². The maximum Gasteiger partial charge on any atom is 0.105 e. The minimum absolute atomic E-state index is 0.765. The monoisotopic (exact) mass is 141 g/mol. The van der Waals surface area contributed by atoms with Crippen molar-refractivity contribution in [2.45, 2.75) is 32.9 Å². The van der Waals surface area contributed by atoms with E-state index < -0.39 is 0 Å². The highest BCUT2D eigenvalue weighted by atomic mass is 16.5. The van der Waals surface area contributed by atoms with Crippen molar-refractivity contribution in [3.63, 3.8) is 0 Å². The molecule has 0 aliphatic carbocycles. The first kappa shape index (κ1) is 10.0. The Bertz CT molecular complexity index is 66.3. The van der Waals surface area contributed by atoms with E-state index in [2.05, 4.69) is 21.0 Å². The van der Waals surface area contributed by atoms with Crippen LogP contribution in [0, 0.1) is 5.92 Å². The van der Waals surface area contributed by atoms with Crippen LogP contribution >= 0.6 is 0 Å². The normalized spacial score (nSPS) is 13.1. The molecule has 0 spiro atoms. The molecule has 1 unspecified atom stereocenters. The van der Waals surface area contributed by atoms with E-state index in [0.717, 1.165) is 12.5 Å². The molecule has 1 radical (unpaired) electrons. The summed E-state index contributed by atoms with van der Waals surface area (Å²) < 4.78 is 5.08. The van der Waals surface area contributed by atoms with E-state index in [1.165, 1.54) is 19.2 Å². The number of rotatable bonds is 6. The van der Waals surface area contributed by atoms with E-state index in [0.29, 0.717) is 0 Å². The van der Waals surface area contributed by atoms with Crippen molar-refractivity contribution in [1.29, 1.82) is 0 Å². The molecule has 0 amide bonds. The molecule has 0 saturated carbocycles. The summed E-state index contributed by atoms with van der Waals surface area (Å²) in [5.41, 5.74) is 0. The molecule has 0 aromatic carbocycles. The lowest BCUT2D eigenvalue weighted by Crippen LogP contribution is -2.07. The molecule has 0 fully saturated rings. The molecule has 0 aliphatic rings. The smallest absolute Gasteiger partial charge is 0.105 e. The molecule has 10 heavy (non-hydrogen) atoms. The first-order valence-electron chi connectivity index (χ1n) is 4.11. The molecule has 0 bridgehead atoms. The van der Waals surface area contributed by atoms with E-state index in [-0.39, 0.29) is 0 Å². The molecule has 1 nitrogen and oxygen atoms in total. The summed E-state index contributed by atoms with van der Waals surface area (Å²) in [6.07, 6.45) is 3.74. The standard InChI is InChI=1S/C8H18BO/c1-4-8(7-10-3)5-6-9-2/h8H,4-7H2,1-3H3. The molecule has 1 atom stereocenters. The molecule has 0 heterocycles. The van der Waals surface area contributed by atoms with Crippen molar-refractivity contribution in [2.24, 2.45) is 5.92 Å². The minimum atomic E-state index is 0.765. The van der Waals surface area contributed by atoms with E-state index in [4.69, 9.17) is 4.74 Å². The van der Waals surface area contributed by atoms with Crippen molar-refractivity contribution in [2.75, 3.05) is 13.7 Å². The van der Waals surface area contributed by atoms with Gasteiger partial charge in [0.25, 0.3) is 0 Å². The van der Waals surface area contributed by atoms with Gasteiger partial charge in [0.2, 0.25) is 0 Å². The van der Waals surface area contributed by atoms with Gasteiger partial charge in [-0.3, -0.25) is 0 Å². The molecule has 0 aliphatic heterocycles. The van der Waals surface area contributed by atoms with Crippen LogP contribution in [0.25, 0.3) is 0 Å². The first-order chi connectivity index (χ1) is 4.85. The quantitative estimate of drug-likeness (QED) is 0.515. The van der Waals surface area contributed by atoms with Gasteiger partial charge in [-0.25, -0.2) is 0 Å². The molecule has 0 N–H and O–H groups in total. The van der Waals surface area contributed by atoms with E-state index in [9.17, 15) is 0 Å². The van der Waals surface area contributed by atoms with Crippen LogP contribution in [-0.4, -0.2) is 21.0 Å². The highest BCUT2D eigenvalue weighted by Gasteiger charge is 2.03. The fourth-order valence-corrected chi connectivity index (χ4v) is 1.04. The zero-order valence-electron chi connectivity index (χ0n) is 7.39. The van der Waals surface area contributed by atoms with Gasteiger partial charge in [0, 0.05) is 13.7 Å². The van der Waals surface area contributed by atoms with Gasteiger partial charge in [0.1, 0.15) is 7.28 Å². The van der Waals surface area contributed by atoms with Gasteiger partial charge in [-0.15, -0.1) is 0 Å². The second kappa shape index (κ2) is 7.14. The molecular formula is C8H18BO. The van der Waals surface area contributed by atoms with E-state index in [1.54, 1.807) is 7.11 Å². The second-order valence-corrected chi connectivity index (χ2v) is 2.72. The third-order valence-corrected chi connectivity index (χ3v) is 1.84. The zero-order chi connectivity index (χ0) is 7.82. The predicted molar refractivity (Wildman–Crippen MR) is 46.7 cm³/mol. The largest absolute Gasteiger partial charge is 0.384 e. The van der Waals surface area contributed by atoms with Crippen LogP contribution in [0.15, 0.2) is 0 Å². The molecular weight excluding hydrogens is 123 g/mol. The van der Waals surface area contributed by atoms with Gasteiger partial charge >= 0.3 is 0 Å². The fraction of sp³-hybridized carbons (Fsp3) is 1.00. The topological polar surface area (TPSA) is 9.23 Å². The maximum atomic E-state index is 5.08. The fourth-order valence-electron chi connectivity index (χ4n) is 1.04. The summed E-state index contributed by atoms with van der Waals surface area (Å²) in [6.45, 7) is 5.25. The van der Waals surface area contributed by atoms with Crippen molar-refractivity contribution in [3.05, 3.63) is 0 Å². The minimum Gasteiger partial charge on any atom is -0.384 e. The first-order valence-corrected chi connectivity index (χ1v) is 4.11. The SMILES string of the molecule is C[B]CCC(CC)COC. The van der Waals surface area contributed by atoms with Crippen LogP contribution in [0.5, 0.6) is 0 Å². The van der Waals surface area contributed by atoms with Gasteiger partial charge in [-0.05, 0) is 5.92 Å². The highest BCUT2D eigenvalue weighted by molar-refractivity contribution is 6.33. The summed E-state index contributed by atoms with van der Waals surface area (Å²) in [4.78, 5) is 0. The van der Waals surface area contributed by atoms with Gasteiger partial charge in [-0.2, -0.15) is 0 Å². The van der Waals surface area contributed by atoms with Crippen LogP contribution in [0.3, 0.4) is 0 Å². The Morgan fingerprint density at radius 3 is 2.60 bits per heavy atom. The molecule has 0 aromatic rings. The van der Waals surface area contributed by atoms with Gasteiger partial charge in [-0.1, -0.05) is 32.9 Å². The second-order valence-electron chi connectivity index (χ2n) is 2.72. The average Bonchev–Trinajstić information content (AvgIpc) is 1.98. The van der Waals surface area contributed by atoms with Crippen LogP contribution in [0.2, 0.25) is 13.1 Å². The highest BCUT2D eigenvalue weighted by Crippen LogP contribution is 2.10. The molecule has 59 valence electrons. The lowest BCUT2D eigenvalue weighted by Gasteiger charge is -2.11. The summed E-state index contributed by atoms with van der Waals surface area (Å²) >= 11 is 0. The number of ether oxygens (including phenoxy) is 1. The Labute approximate surface area is 65.4 Å². The average molecular weight is 141 g/mol. The lowest BCUT2D eigenvalue weighted by molar-refractivity contribution is 0.148. The van der Waals surface area contributed by atoms with Crippen LogP contribution in [-0.2, 0) is 4.74 Å². The Morgan fingerprint density at radius 1 is 1.50 bits per heavy atom. The van der Waals surface area contributed by atoms with Crippen molar-refractivity contribution in [3.8, 4) is 0 Å². The van der Waals surface area contributed by atoms with Crippen LogP contribution in [0.4, 0.5) is 0 Å². The Morgan fingerprint density at radius 2 is 2.20 bits per heavy atom. The van der Waals surface area contributed by atoms with Crippen molar-refractivity contribution in [1.82, 2.24) is 0 Å². The summed E-state index contributed by atoms with van der Waals surface area (Å²) in [6, 6.07) is 0. The third kappa shape index (κ3) is 4.86. The summed E-state index contributed by atoms with van der Waals surface area (Å²) in [7, 11) is 4.00. The number of hydrogen-bond acceptors (Lipinski definition) is 1. The Balaban J connectivity index is 3.21. The zero-order valence-corrected chi connectivity index (χ0v) is 7.39. The summed E-state index contributed by atoms with van der Waals surface area (Å²) in [5.74, 6) is 0.765. The van der Waals surface area contributed by atoms with Gasteiger partial charge < -0.3 is 4.74 Å². The van der Waals surface area contributed by atoms with Crippen LogP contribution in [0.1, 0.15) is 19.8 Å². The number of methoxy groups -OCH3 is 1. The maximum absolute atomic E-state index is 5.08. The number of hydrogen-bond donors (Lipinski definition) is 0. The Hall–Kier alpha value is 0.0249. The third-order valence-electron chi connectivity index (χ3n) is 1.84. The Kier molecular flexibility index (Phi) is 7.15. The predicted octanol–water partition coefficient (Wildman–Crippen LogP) is 2.22. The van der Waals surface area contributed by atoms with Crippen LogP contribution < -0.4 is 0 Å². The molecule has 2 heteroatoms. The van der Waals surface area contributed by atoms with Gasteiger partial charge in [0.05, 0.1) is 0 Å². The molecule has 0 saturated heterocycles.